The Labute approximate surface area is 224 Å². The highest BCUT2D eigenvalue weighted by Gasteiger charge is 2.21. The van der Waals surface area contributed by atoms with Crippen LogP contribution in [0, 0.1) is 10.1 Å². The number of benzene rings is 3. The molecule has 0 saturated heterocycles. The number of unbranched alkanes of at least 4 members (excludes halogenated alkanes) is 1. The van der Waals surface area contributed by atoms with Gasteiger partial charge in [-0.05, 0) is 30.7 Å². The first-order valence-corrected chi connectivity index (χ1v) is 12.5. The molecule has 4 aromatic rings. The Hall–Kier alpha value is -4.50. The summed E-state index contributed by atoms with van der Waals surface area (Å²) in [6, 6.07) is 23.8. The summed E-state index contributed by atoms with van der Waals surface area (Å²) in [6.07, 6.45) is 1.52. The highest BCUT2D eigenvalue weighted by atomic mass is 35.5. The van der Waals surface area contributed by atoms with E-state index < -0.39 is 10.8 Å². The molecule has 0 bridgehead atoms. The van der Waals surface area contributed by atoms with Gasteiger partial charge in [0.2, 0.25) is 5.91 Å². The van der Waals surface area contributed by atoms with Crippen molar-refractivity contribution in [2.75, 3.05) is 18.4 Å². The van der Waals surface area contributed by atoms with Crippen molar-refractivity contribution in [3.63, 3.8) is 0 Å². The number of amides is 2. The Morgan fingerprint density at radius 3 is 2.37 bits per heavy atom. The van der Waals surface area contributed by atoms with E-state index in [0.717, 1.165) is 12.0 Å². The predicted octanol–water partition coefficient (Wildman–Crippen LogP) is 5.98. The predicted molar refractivity (Wildman–Crippen MR) is 147 cm³/mol. The molecule has 4 rings (SSSR count). The molecule has 0 fully saturated rings. The number of hydrogen-bond acceptors (Lipinski definition) is 5. The van der Waals surface area contributed by atoms with Gasteiger partial charge in [0, 0.05) is 35.9 Å². The van der Waals surface area contributed by atoms with E-state index in [-0.39, 0.29) is 23.7 Å². The number of carbonyl (C=O) groups excluding carboxylic acids is 2. The number of halogens is 1. The fraction of sp³-hybridized carbons (Fsp3) is 0.179. The minimum atomic E-state index is -0.525. The summed E-state index contributed by atoms with van der Waals surface area (Å²) in [5.41, 5.74) is 2.27. The van der Waals surface area contributed by atoms with Crippen LogP contribution in [0.4, 0.5) is 11.5 Å². The maximum Gasteiger partial charge on any atom is 0.269 e. The van der Waals surface area contributed by atoms with Crippen LogP contribution in [-0.2, 0) is 4.79 Å². The lowest BCUT2D eigenvalue weighted by Gasteiger charge is -2.22. The molecule has 3 aromatic carbocycles. The number of para-hydroxylation sites is 1. The van der Waals surface area contributed by atoms with Crippen molar-refractivity contribution in [2.45, 2.75) is 19.8 Å². The molecule has 0 aliphatic heterocycles. The van der Waals surface area contributed by atoms with E-state index in [4.69, 9.17) is 11.6 Å². The van der Waals surface area contributed by atoms with Gasteiger partial charge in [-0.3, -0.25) is 19.7 Å². The summed E-state index contributed by atoms with van der Waals surface area (Å²) in [5, 5.41) is 19.0. The molecule has 2 amide bonds. The molecular formula is C28H26ClN5O4. The molecule has 0 radical (unpaired) electrons. The van der Waals surface area contributed by atoms with Gasteiger partial charge in [-0.1, -0.05) is 67.4 Å². The van der Waals surface area contributed by atoms with Crippen LogP contribution in [0.15, 0.2) is 84.9 Å². The van der Waals surface area contributed by atoms with Crippen molar-refractivity contribution in [3.8, 4) is 16.9 Å². The number of rotatable bonds is 10. The van der Waals surface area contributed by atoms with E-state index in [0.29, 0.717) is 35.2 Å². The van der Waals surface area contributed by atoms with Crippen LogP contribution in [0.1, 0.15) is 30.1 Å². The van der Waals surface area contributed by atoms with Crippen LogP contribution in [0.25, 0.3) is 16.9 Å². The number of hydrogen-bond donors (Lipinski definition) is 1. The summed E-state index contributed by atoms with van der Waals surface area (Å²) in [4.78, 5) is 38.3. The normalized spacial score (nSPS) is 10.7. The van der Waals surface area contributed by atoms with E-state index in [2.05, 4.69) is 10.4 Å². The monoisotopic (exact) mass is 531 g/mol. The highest BCUT2D eigenvalue weighted by Crippen LogP contribution is 2.28. The molecule has 0 saturated carbocycles. The molecule has 9 nitrogen and oxygen atoms in total. The smallest absolute Gasteiger partial charge is 0.269 e. The SMILES string of the molecule is CCCCN(CC(=O)Nc1cc(-c2ccccc2)nn1-c1ccccc1Cl)C(=O)c1ccc([N+](=O)[O-])cc1. The quantitative estimate of drug-likeness (QED) is 0.200. The van der Waals surface area contributed by atoms with Crippen molar-refractivity contribution < 1.29 is 14.5 Å². The van der Waals surface area contributed by atoms with Gasteiger partial charge < -0.3 is 10.2 Å². The third kappa shape index (κ3) is 6.24. The summed E-state index contributed by atoms with van der Waals surface area (Å²) >= 11 is 6.44. The first-order valence-electron chi connectivity index (χ1n) is 12.1. The second-order valence-corrected chi connectivity index (χ2v) is 8.98. The van der Waals surface area contributed by atoms with Gasteiger partial charge in [-0.25, -0.2) is 4.68 Å². The Balaban J connectivity index is 1.59. The molecule has 0 atom stereocenters. The zero-order valence-electron chi connectivity index (χ0n) is 20.7. The molecular weight excluding hydrogens is 506 g/mol. The first kappa shape index (κ1) is 26.6. The molecule has 0 unspecified atom stereocenters. The molecule has 10 heteroatoms. The third-order valence-corrected chi connectivity index (χ3v) is 6.17. The van der Waals surface area contributed by atoms with Crippen LogP contribution in [0.5, 0.6) is 0 Å². The summed E-state index contributed by atoms with van der Waals surface area (Å²) in [6.45, 7) is 2.14. The van der Waals surface area contributed by atoms with E-state index in [1.165, 1.54) is 29.2 Å². The van der Waals surface area contributed by atoms with Crippen molar-refractivity contribution in [3.05, 3.63) is 106 Å². The number of nitro benzene ring substituents is 1. The van der Waals surface area contributed by atoms with E-state index in [1.54, 1.807) is 28.9 Å². The second-order valence-electron chi connectivity index (χ2n) is 8.58. The van der Waals surface area contributed by atoms with Crippen molar-refractivity contribution in [2.24, 2.45) is 0 Å². The van der Waals surface area contributed by atoms with Gasteiger partial charge in [0.1, 0.15) is 12.4 Å². The van der Waals surface area contributed by atoms with Crippen LogP contribution in [0.2, 0.25) is 5.02 Å². The Morgan fingerprint density at radius 2 is 1.71 bits per heavy atom. The van der Waals surface area contributed by atoms with E-state index >= 15 is 0 Å². The maximum absolute atomic E-state index is 13.2. The lowest BCUT2D eigenvalue weighted by molar-refractivity contribution is -0.384. The first-order chi connectivity index (χ1) is 18.4. The molecule has 0 aliphatic carbocycles. The average molecular weight is 532 g/mol. The molecule has 38 heavy (non-hydrogen) atoms. The average Bonchev–Trinajstić information content (AvgIpc) is 3.34. The fourth-order valence-corrected chi connectivity index (χ4v) is 4.11. The van der Waals surface area contributed by atoms with Crippen LogP contribution < -0.4 is 5.32 Å². The number of anilines is 1. The number of carbonyl (C=O) groups is 2. The number of nitrogens with zero attached hydrogens (tertiary/aromatic N) is 4. The van der Waals surface area contributed by atoms with E-state index in [1.807, 2.05) is 43.3 Å². The Bertz CT molecular complexity index is 1440. The molecule has 0 spiro atoms. The van der Waals surface area contributed by atoms with Crippen molar-refractivity contribution >= 4 is 34.9 Å². The maximum atomic E-state index is 13.2. The van der Waals surface area contributed by atoms with Crippen molar-refractivity contribution in [1.82, 2.24) is 14.7 Å². The molecule has 194 valence electrons. The fourth-order valence-electron chi connectivity index (χ4n) is 3.89. The third-order valence-electron chi connectivity index (χ3n) is 5.86. The van der Waals surface area contributed by atoms with Gasteiger partial charge in [-0.15, -0.1) is 0 Å². The number of nitro groups is 1. The Morgan fingerprint density at radius 1 is 1.03 bits per heavy atom. The standard InChI is InChI=1S/C28H26ClN5O4/c1-2-3-17-32(28(36)21-13-15-22(16-14-21)34(37)38)19-27(35)30-26-18-24(20-9-5-4-6-10-20)31-33(26)25-12-8-7-11-23(25)29/h4-16,18H,2-3,17,19H2,1H3,(H,30,35). The zero-order chi connectivity index (χ0) is 27.1. The highest BCUT2D eigenvalue weighted by molar-refractivity contribution is 6.32. The van der Waals surface area contributed by atoms with Gasteiger partial charge in [0.25, 0.3) is 11.6 Å². The minimum absolute atomic E-state index is 0.110. The second kappa shape index (κ2) is 12.2. The summed E-state index contributed by atoms with van der Waals surface area (Å²) < 4.78 is 1.57. The summed E-state index contributed by atoms with van der Waals surface area (Å²) in [5.74, 6) is -0.391. The van der Waals surface area contributed by atoms with Gasteiger partial charge >= 0.3 is 0 Å². The van der Waals surface area contributed by atoms with Gasteiger partial charge in [-0.2, -0.15) is 5.10 Å². The topological polar surface area (TPSA) is 110 Å². The number of non-ortho nitro benzene ring substituents is 1. The lowest BCUT2D eigenvalue weighted by Crippen LogP contribution is -2.39. The van der Waals surface area contributed by atoms with E-state index in [9.17, 15) is 19.7 Å². The molecule has 1 heterocycles. The lowest BCUT2D eigenvalue weighted by atomic mass is 10.1. The van der Waals surface area contributed by atoms with Crippen LogP contribution in [-0.4, -0.2) is 44.5 Å². The Kier molecular flexibility index (Phi) is 8.50. The van der Waals surface area contributed by atoms with Gasteiger partial charge in [0.15, 0.2) is 0 Å². The summed E-state index contributed by atoms with van der Waals surface area (Å²) in [7, 11) is 0. The zero-order valence-corrected chi connectivity index (χ0v) is 21.5. The number of aromatic nitrogens is 2. The van der Waals surface area contributed by atoms with Crippen molar-refractivity contribution in [1.29, 1.82) is 0 Å². The molecule has 0 aliphatic rings. The largest absolute Gasteiger partial charge is 0.329 e. The van der Waals surface area contributed by atoms with Crippen LogP contribution >= 0.6 is 11.6 Å². The number of nitrogens with one attached hydrogen (secondary N) is 1. The molecule has 1 aromatic heterocycles. The molecule has 1 N–H and O–H groups in total. The minimum Gasteiger partial charge on any atom is -0.329 e. The van der Waals surface area contributed by atoms with Gasteiger partial charge in [0.05, 0.1) is 21.3 Å². The van der Waals surface area contributed by atoms with Crippen LogP contribution in [0.3, 0.4) is 0 Å².